The summed E-state index contributed by atoms with van der Waals surface area (Å²) in [6.45, 7) is 6.47. The van der Waals surface area contributed by atoms with Gasteiger partial charge in [-0.05, 0) is 12.3 Å². The van der Waals surface area contributed by atoms with E-state index in [-0.39, 0.29) is 0 Å². The first kappa shape index (κ1) is 9.48. The summed E-state index contributed by atoms with van der Waals surface area (Å²) >= 11 is 0. The van der Waals surface area contributed by atoms with Gasteiger partial charge in [0.1, 0.15) is 0 Å². The largest absolute Gasteiger partial charge is 0.0840 e. The Hall–Kier alpha value is -0.520. The Morgan fingerprint density at radius 2 is 1.90 bits per heavy atom. The monoisotopic (exact) mass is 138 g/mol. The van der Waals surface area contributed by atoms with E-state index in [4.69, 9.17) is 0 Å². The molecular formula is C10H18. The smallest absolute Gasteiger partial charge is 0.0224 e. The van der Waals surface area contributed by atoms with Crippen molar-refractivity contribution < 1.29 is 0 Å². The third-order valence-electron chi connectivity index (χ3n) is 1.19. The zero-order valence-corrected chi connectivity index (χ0v) is 7.30. The summed E-state index contributed by atoms with van der Waals surface area (Å²) in [5.41, 5.74) is 0. The summed E-state index contributed by atoms with van der Waals surface area (Å²) in [5, 5.41) is 0. The fraction of sp³-hybridized carbons (Fsp3) is 0.600. The van der Waals surface area contributed by atoms with Gasteiger partial charge in [-0.15, -0.1) is 0 Å². The van der Waals surface area contributed by atoms with E-state index in [0.717, 1.165) is 5.92 Å². The van der Waals surface area contributed by atoms with Crippen molar-refractivity contribution in [3.8, 4) is 0 Å². The molecule has 0 bridgehead atoms. The Labute approximate surface area is 64.6 Å². The number of hydrogen-bond donors (Lipinski definition) is 0. The molecule has 1 aliphatic carbocycles. The zero-order valence-electron chi connectivity index (χ0n) is 7.30. The maximum atomic E-state index is 2.22. The van der Waals surface area contributed by atoms with E-state index >= 15 is 0 Å². The van der Waals surface area contributed by atoms with Crippen molar-refractivity contribution in [1.29, 1.82) is 0 Å². The first-order valence-corrected chi connectivity index (χ1v) is 4.14. The molecule has 10 heavy (non-hydrogen) atoms. The van der Waals surface area contributed by atoms with Crippen molar-refractivity contribution in [2.24, 2.45) is 5.92 Å². The van der Waals surface area contributed by atoms with E-state index in [2.05, 4.69) is 45.1 Å². The Morgan fingerprint density at radius 3 is 2.10 bits per heavy atom. The van der Waals surface area contributed by atoms with Crippen LogP contribution >= 0.6 is 0 Å². The molecule has 0 saturated carbocycles. The molecule has 0 aromatic carbocycles. The molecule has 1 aliphatic rings. The van der Waals surface area contributed by atoms with Gasteiger partial charge in [0.05, 0.1) is 0 Å². The topological polar surface area (TPSA) is 0 Å². The quantitative estimate of drug-likeness (QED) is 0.480. The molecule has 0 aromatic heterocycles. The van der Waals surface area contributed by atoms with Gasteiger partial charge in [0.2, 0.25) is 0 Å². The van der Waals surface area contributed by atoms with Gasteiger partial charge in [-0.3, -0.25) is 0 Å². The molecule has 0 spiro atoms. The van der Waals surface area contributed by atoms with Gasteiger partial charge >= 0.3 is 0 Å². The van der Waals surface area contributed by atoms with Crippen molar-refractivity contribution in [3.63, 3.8) is 0 Å². The molecule has 58 valence electrons. The Kier molecular flexibility index (Phi) is 6.25. The van der Waals surface area contributed by atoms with Crippen molar-refractivity contribution in [3.05, 3.63) is 24.3 Å². The molecular weight excluding hydrogens is 120 g/mol. The maximum absolute atomic E-state index is 2.22. The van der Waals surface area contributed by atoms with Gasteiger partial charge in [0.15, 0.2) is 0 Å². The van der Waals surface area contributed by atoms with E-state index in [0.29, 0.717) is 0 Å². The highest BCUT2D eigenvalue weighted by Crippen LogP contribution is 2.08. The lowest BCUT2D eigenvalue weighted by atomic mass is 10.0. The van der Waals surface area contributed by atoms with Gasteiger partial charge in [0.25, 0.3) is 0 Å². The third-order valence-corrected chi connectivity index (χ3v) is 1.19. The van der Waals surface area contributed by atoms with Crippen LogP contribution in [0, 0.1) is 5.92 Å². The normalized spacial score (nSPS) is 21.7. The molecule has 0 amide bonds. The lowest BCUT2D eigenvalue weighted by molar-refractivity contribution is 0.737. The zero-order chi connectivity index (χ0) is 7.82. The molecule has 0 fully saturated rings. The van der Waals surface area contributed by atoms with Crippen LogP contribution < -0.4 is 0 Å². The number of hydrogen-bond acceptors (Lipinski definition) is 0. The summed E-state index contributed by atoms with van der Waals surface area (Å²) in [5.74, 6) is 0.769. The minimum absolute atomic E-state index is 0.769. The van der Waals surface area contributed by atoms with Gasteiger partial charge < -0.3 is 0 Å². The molecule has 0 radical (unpaired) electrons. The molecule has 0 nitrogen and oxygen atoms in total. The fourth-order valence-corrected chi connectivity index (χ4v) is 0.704. The van der Waals surface area contributed by atoms with Crippen molar-refractivity contribution in [2.75, 3.05) is 0 Å². The molecule has 1 rings (SSSR count). The molecule has 0 aromatic rings. The van der Waals surface area contributed by atoms with E-state index in [1.165, 1.54) is 12.8 Å². The SMILES string of the molecule is CC1C=CC=CC1.CCC. The second-order valence-electron chi connectivity index (χ2n) is 2.73. The van der Waals surface area contributed by atoms with Gasteiger partial charge in [-0.25, -0.2) is 0 Å². The predicted molar refractivity (Wildman–Crippen MR) is 48.0 cm³/mol. The Morgan fingerprint density at radius 1 is 1.30 bits per heavy atom. The lowest BCUT2D eigenvalue weighted by Crippen LogP contribution is -1.87. The number of allylic oxidation sites excluding steroid dienone is 4. The molecule has 0 N–H and O–H groups in total. The van der Waals surface area contributed by atoms with Crippen LogP contribution in [0.25, 0.3) is 0 Å². The van der Waals surface area contributed by atoms with E-state index in [9.17, 15) is 0 Å². The Balaban J connectivity index is 0.000000236. The van der Waals surface area contributed by atoms with Crippen LogP contribution in [0.1, 0.15) is 33.6 Å². The minimum atomic E-state index is 0.769. The summed E-state index contributed by atoms with van der Waals surface area (Å²) in [7, 11) is 0. The van der Waals surface area contributed by atoms with Crippen LogP contribution in [0.2, 0.25) is 0 Å². The fourth-order valence-electron chi connectivity index (χ4n) is 0.704. The molecule has 0 heterocycles. The maximum Gasteiger partial charge on any atom is -0.0224 e. The lowest BCUT2D eigenvalue weighted by Gasteiger charge is -2.02. The number of rotatable bonds is 0. The average molecular weight is 138 g/mol. The standard InChI is InChI=1S/C7H10.C3H8/c1-7-5-3-2-4-6-7;1-3-2/h2-5,7H,6H2,1H3;3H2,1-2H3. The van der Waals surface area contributed by atoms with Gasteiger partial charge in [-0.2, -0.15) is 0 Å². The van der Waals surface area contributed by atoms with Crippen LogP contribution in [-0.4, -0.2) is 0 Å². The summed E-state index contributed by atoms with van der Waals surface area (Å²) in [4.78, 5) is 0. The molecule has 1 unspecified atom stereocenters. The highest BCUT2D eigenvalue weighted by atomic mass is 14.0. The Bertz CT molecular complexity index is 109. The highest BCUT2D eigenvalue weighted by Gasteiger charge is 1.93. The summed E-state index contributed by atoms with van der Waals surface area (Å²) in [6.07, 6.45) is 11.1. The summed E-state index contributed by atoms with van der Waals surface area (Å²) in [6, 6.07) is 0. The van der Waals surface area contributed by atoms with Crippen LogP contribution in [0.15, 0.2) is 24.3 Å². The van der Waals surface area contributed by atoms with Crippen LogP contribution in [-0.2, 0) is 0 Å². The van der Waals surface area contributed by atoms with Gasteiger partial charge in [0, 0.05) is 0 Å². The molecule has 0 saturated heterocycles. The van der Waals surface area contributed by atoms with Crippen LogP contribution in [0.3, 0.4) is 0 Å². The molecule has 0 heteroatoms. The first-order chi connectivity index (χ1) is 4.81. The van der Waals surface area contributed by atoms with Crippen molar-refractivity contribution in [1.82, 2.24) is 0 Å². The van der Waals surface area contributed by atoms with Gasteiger partial charge in [-0.1, -0.05) is 51.5 Å². The van der Waals surface area contributed by atoms with E-state index in [1.807, 2.05) is 0 Å². The highest BCUT2D eigenvalue weighted by molar-refractivity contribution is 5.09. The van der Waals surface area contributed by atoms with Crippen LogP contribution in [0.4, 0.5) is 0 Å². The van der Waals surface area contributed by atoms with Crippen LogP contribution in [0.5, 0.6) is 0 Å². The van der Waals surface area contributed by atoms with E-state index in [1.54, 1.807) is 0 Å². The summed E-state index contributed by atoms with van der Waals surface area (Å²) < 4.78 is 0. The second-order valence-corrected chi connectivity index (χ2v) is 2.73. The molecule has 0 aliphatic heterocycles. The average Bonchev–Trinajstić information content (AvgIpc) is 1.91. The minimum Gasteiger partial charge on any atom is -0.0840 e. The van der Waals surface area contributed by atoms with E-state index < -0.39 is 0 Å². The first-order valence-electron chi connectivity index (χ1n) is 4.14. The predicted octanol–water partition coefficient (Wildman–Crippen LogP) is 3.55. The second kappa shape index (κ2) is 6.60. The van der Waals surface area contributed by atoms with Crippen molar-refractivity contribution in [2.45, 2.75) is 33.6 Å². The third kappa shape index (κ3) is 5.61. The molecule has 1 atom stereocenters. The van der Waals surface area contributed by atoms with Crippen molar-refractivity contribution >= 4 is 0 Å².